The van der Waals surface area contributed by atoms with Gasteiger partial charge in [0.15, 0.2) is 11.5 Å². The number of nitrogens with zero attached hydrogens (tertiary/aromatic N) is 1. The van der Waals surface area contributed by atoms with E-state index in [0.29, 0.717) is 31.3 Å². The Morgan fingerprint density at radius 3 is 2.52 bits per heavy atom. The lowest BCUT2D eigenvalue weighted by molar-refractivity contribution is -0.165. The van der Waals surface area contributed by atoms with Crippen molar-refractivity contribution in [3.63, 3.8) is 0 Å². The molecule has 1 aliphatic rings. The van der Waals surface area contributed by atoms with E-state index in [1.54, 1.807) is 24.3 Å². The number of para-hydroxylation sites is 2. The molecule has 27 heavy (non-hydrogen) atoms. The highest BCUT2D eigenvalue weighted by molar-refractivity contribution is 5.89. The molecule has 0 spiro atoms. The van der Waals surface area contributed by atoms with E-state index in [-0.39, 0.29) is 11.5 Å². The molecule has 2 aromatic rings. The molecule has 0 aromatic heterocycles. The molecule has 0 N–H and O–H groups in total. The number of amides is 1. The summed E-state index contributed by atoms with van der Waals surface area (Å²) >= 11 is 0. The van der Waals surface area contributed by atoms with Crippen molar-refractivity contribution < 1.29 is 27.8 Å². The third-order valence-electron chi connectivity index (χ3n) is 4.43. The minimum atomic E-state index is -0.928. The van der Waals surface area contributed by atoms with Crippen LogP contribution in [0.2, 0.25) is 0 Å². The number of ether oxygens (including phenoxy) is 3. The average Bonchev–Trinajstić information content (AvgIpc) is 2.67. The molecule has 2 atom stereocenters. The Balaban J connectivity index is 1.88. The van der Waals surface area contributed by atoms with Gasteiger partial charge in [-0.15, -0.1) is 0 Å². The van der Waals surface area contributed by atoms with Crippen LogP contribution in [0.4, 0.5) is 8.78 Å². The molecule has 0 saturated carbocycles. The van der Waals surface area contributed by atoms with E-state index in [4.69, 9.17) is 14.2 Å². The van der Waals surface area contributed by atoms with E-state index < -0.39 is 23.8 Å². The number of β-lactam (4-membered cyclic amide) rings is 1. The zero-order chi connectivity index (χ0) is 19.4. The molecule has 2 aromatic carbocycles. The van der Waals surface area contributed by atoms with Crippen LogP contribution in [-0.2, 0) is 9.53 Å². The van der Waals surface area contributed by atoms with E-state index in [9.17, 15) is 13.6 Å². The van der Waals surface area contributed by atoms with Crippen molar-refractivity contribution in [2.45, 2.75) is 19.1 Å². The van der Waals surface area contributed by atoms with Crippen LogP contribution in [0.3, 0.4) is 0 Å². The second kappa shape index (κ2) is 8.35. The number of hydrogen-bond donors (Lipinski definition) is 0. The van der Waals surface area contributed by atoms with Crippen LogP contribution in [-0.4, -0.2) is 43.8 Å². The molecule has 1 amide bonds. The Hall–Kier alpha value is -2.67. The third-order valence-corrected chi connectivity index (χ3v) is 4.43. The van der Waals surface area contributed by atoms with Gasteiger partial charge in [0.05, 0.1) is 13.7 Å². The van der Waals surface area contributed by atoms with Crippen molar-refractivity contribution in [1.82, 2.24) is 4.90 Å². The summed E-state index contributed by atoms with van der Waals surface area (Å²) in [6.07, 6.45) is -0.928. The van der Waals surface area contributed by atoms with Crippen LogP contribution >= 0.6 is 0 Å². The molecule has 0 aliphatic carbocycles. The molecule has 144 valence electrons. The Morgan fingerprint density at radius 1 is 1.11 bits per heavy atom. The summed E-state index contributed by atoms with van der Waals surface area (Å²) in [5.74, 6) is -0.825. The first-order valence-electron chi connectivity index (χ1n) is 8.69. The number of rotatable bonds is 8. The van der Waals surface area contributed by atoms with E-state index in [1.807, 2.05) is 6.92 Å². The largest absolute Gasteiger partial charge is 0.493 e. The Kier molecular flexibility index (Phi) is 5.91. The molecule has 7 heteroatoms. The van der Waals surface area contributed by atoms with Crippen molar-refractivity contribution in [2.24, 2.45) is 0 Å². The minimum absolute atomic E-state index is 0.201. The Morgan fingerprint density at radius 2 is 1.85 bits per heavy atom. The summed E-state index contributed by atoms with van der Waals surface area (Å²) in [4.78, 5) is 14.1. The van der Waals surface area contributed by atoms with Crippen molar-refractivity contribution >= 4 is 5.91 Å². The van der Waals surface area contributed by atoms with E-state index in [2.05, 4.69) is 0 Å². The summed E-state index contributed by atoms with van der Waals surface area (Å²) in [6, 6.07) is 9.55. The number of hydrogen-bond acceptors (Lipinski definition) is 4. The van der Waals surface area contributed by atoms with Gasteiger partial charge < -0.3 is 19.1 Å². The number of benzene rings is 2. The summed E-state index contributed by atoms with van der Waals surface area (Å²) in [7, 11) is 1.50. The highest BCUT2D eigenvalue weighted by atomic mass is 19.1. The van der Waals surface area contributed by atoms with E-state index in [1.165, 1.54) is 24.1 Å². The predicted octanol–water partition coefficient (Wildman–Crippen LogP) is 3.34. The molecule has 1 fully saturated rings. The highest BCUT2D eigenvalue weighted by Crippen LogP contribution is 2.40. The first-order chi connectivity index (χ1) is 13.1. The summed E-state index contributed by atoms with van der Waals surface area (Å²) in [6.45, 7) is 2.98. The monoisotopic (exact) mass is 377 g/mol. The van der Waals surface area contributed by atoms with Gasteiger partial charge in [0.25, 0.3) is 5.91 Å². The van der Waals surface area contributed by atoms with Crippen LogP contribution in [0, 0.1) is 11.6 Å². The smallest absolute Gasteiger partial charge is 0.266 e. The molecule has 1 heterocycles. The van der Waals surface area contributed by atoms with Crippen LogP contribution in [0.25, 0.3) is 0 Å². The predicted molar refractivity (Wildman–Crippen MR) is 94.7 cm³/mol. The van der Waals surface area contributed by atoms with Gasteiger partial charge in [-0.3, -0.25) is 4.79 Å². The maximum atomic E-state index is 14.4. The third kappa shape index (κ3) is 3.88. The summed E-state index contributed by atoms with van der Waals surface area (Å²) in [5, 5.41) is 0. The normalized spacial score (nSPS) is 19.0. The van der Waals surface area contributed by atoms with Crippen molar-refractivity contribution in [3.05, 3.63) is 59.7 Å². The van der Waals surface area contributed by atoms with Gasteiger partial charge in [-0.25, -0.2) is 8.78 Å². The second-order valence-corrected chi connectivity index (χ2v) is 6.03. The average molecular weight is 377 g/mol. The first kappa shape index (κ1) is 19.1. The number of halogens is 2. The van der Waals surface area contributed by atoms with Gasteiger partial charge in [-0.1, -0.05) is 18.2 Å². The summed E-state index contributed by atoms with van der Waals surface area (Å²) < 4.78 is 44.1. The number of methoxy groups -OCH3 is 1. The molecule has 0 radical (unpaired) electrons. The topological polar surface area (TPSA) is 48.0 Å². The molecule has 3 rings (SSSR count). The quantitative estimate of drug-likeness (QED) is 0.523. The van der Waals surface area contributed by atoms with Gasteiger partial charge in [-0.05, 0) is 25.1 Å². The maximum Gasteiger partial charge on any atom is 0.266 e. The molecule has 5 nitrogen and oxygen atoms in total. The van der Waals surface area contributed by atoms with Crippen molar-refractivity contribution in [1.29, 1.82) is 0 Å². The number of likely N-dealkylation sites (tertiary alicyclic amines) is 1. The van der Waals surface area contributed by atoms with Gasteiger partial charge in [0.2, 0.25) is 6.10 Å². The van der Waals surface area contributed by atoms with E-state index >= 15 is 0 Å². The number of carbonyl (C=O) groups is 1. The van der Waals surface area contributed by atoms with Crippen molar-refractivity contribution in [3.8, 4) is 11.5 Å². The first-order valence-corrected chi connectivity index (χ1v) is 8.69. The number of carbonyl (C=O) groups excluding carboxylic acids is 1. The maximum absolute atomic E-state index is 14.4. The second-order valence-electron chi connectivity index (χ2n) is 6.03. The molecular weight excluding hydrogens is 356 g/mol. The molecule has 0 bridgehead atoms. The fourth-order valence-corrected chi connectivity index (χ4v) is 3.11. The lowest BCUT2D eigenvalue weighted by Crippen LogP contribution is -2.62. The van der Waals surface area contributed by atoms with Gasteiger partial charge in [-0.2, -0.15) is 0 Å². The van der Waals surface area contributed by atoms with Crippen LogP contribution in [0.15, 0.2) is 42.5 Å². The minimum Gasteiger partial charge on any atom is -0.493 e. The van der Waals surface area contributed by atoms with E-state index in [0.717, 1.165) is 6.07 Å². The molecule has 0 unspecified atom stereocenters. The zero-order valence-electron chi connectivity index (χ0n) is 15.2. The van der Waals surface area contributed by atoms with Crippen LogP contribution in [0.1, 0.15) is 18.5 Å². The lowest BCUT2D eigenvalue weighted by Gasteiger charge is -2.46. The SMILES string of the molecule is CCOCCN1C(=O)[C@@H](Oc2ccccc2OC)[C@H]1c1ccc(F)cc1F. The standard InChI is InChI=1S/C20H21F2NO4/c1-3-26-11-10-23-18(14-9-8-13(21)12-15(14)22)19(20(23)24)27-17-7-5-4-6-16(17)25-2/h4-9,12,18-19H,3,10-11H2,1-2H3/t18-,19+/m1/s1. The van der Waals surface area contributed by atoms with Crippen molar-refractivity contribution in [2.75, 3.05) is 26.9 Å². The Labute approximate surface area is 156 Å². The Bertz CT molecular complexity index is 814. The van der Waals surface area contributed by atoms with Crippen LogP contribution in [0.5, 0.6) is 11.5 Å². The highest BCUT2D eigenvalue weighted by Gasteiger charge is 2.51. The lowest BCUT2D eigenvalue weighted by atomic mass is 9.90. The van der Waals surface area contributed by atoms with Crippen LogP contribution < -0.4 is 9.47 Å². The molecular formula is C20H21F2NO4. The van der Waals surface area contributed by atoms with Gasteiger partial charge >= 0.3 is 0 Å². The fourth-order valence-electron chi connectivity index (χ4n) is 3.11. The summed E-state index contributed by atoms with van der Waals surface area (Å²) in [5.41, 5.74) is 0.201. The molecule has 1 saturated heterocycles. The zero-order valence-corrected chi connectivity index (χ0v) is 15.2. The van der Waals surface area contributed by atoms with Gasteiger partial charge in [0, 0.05) is 24.8 Å². The fraction of sp³-hybridized carbons (Fsp3) is 0.350. The van der Waals surface area contributed by atoms with Gasteiger partial charge in [0.1, 0.15) is 17.7 Å². The molecule has 1 aliphatic heterocycles.